The lowest BCUT2D eigenvalue weighted by atomic mass is 9.99. The summed E-state index contributed by atoms with van der Waals surface area (Å²) < 4.78 is 16.3. The first-order chi connectivity index (χ1) is 16.4. The second-order valence-corrected chi connectivity index (χ2v) is 7.87. The number of nitrogens with one attached hydrogen (secondary N) is 1. The van der Waals surface area contributed by atoms with Gasteiger partial charge >= 0.3 is 0 Å². The quantitative estimate of drug-likeness (QED) is 0.516. The van der Waals surface area contributed by atoms with Crippen LogP contribution in [0.5, 0.6) is 17.2 Å². The van der Waals surface area contributed by atoms with Crippen molar-refractivity contribution >= 4 is 28.8 Å². The van der Waals surface area contributed by atoms with Crippen LogP contribution in [0.4, 0.5) is 11.4 Å². The van der Waals surface area contributed by atoms with Gasteiger partial charge in [-0.25, -0.2) is 4.90 Å². The van der Waals surface area contributed by atoms with E-state index >= 15 is 0 Å². The normalized spacial score (nSPS) is 13.4. The van der Waals surface area contributed by atoms with Crippen molar-refractivity contribution in [3.05, 3.63) is 83.1 Å². The highest BCUT2D eigenvalue weighted by Gasteiger charge is 2.40. The molecule has 1 aliphatic rings. The first kappa shape index (κ1) is 22.9. The Morgan fingerprint density at radius 2 is 1.38 bits per heavy atom. The maximum Gasteiger partial charge on any atom is 0.282 e. The van der Waals surface area contributed by atoms with E-state index in [4.69, 9.17) is 14.2 Å². The van der Waals surface area contributed by atoms with Gasteiger partial charge in [-0.05, 0) is 42.7 Å². The van der Waals surface area contributed by atoms with E-state index in [9.17, 15) is 9.59 Å². The summed E-state index contributed by atoms with van der Waals surface area (Å²) in [7, 11) is 4.55. The topological polar surface area (TPSA) is 77.1 Å². The minimum Gasteiger partial charge on any atom is -0.493 e. The summed E-state index contributed by atoms with van der Waals surface area (Å²) >= 11 is 0. The van der Waals surface area contributed by atoms with Crippen LogP contribution in [0.25, 0.3) is 5.57 Å². The molecule has 0 unspecified atom stereocenters. The summed E-state index contributed by atoms with van der Waals surface area (Å²) in [5, 5.41) is 3.16. The molecular formula is C27H26N2O5. The first-order valence-corrected chi connectivity index (χ1v) is 10.7. The van der Waals surface area contributed by atoms with Gasteiger partial charge in [-0.1, -0.05) is 36.4 Å². The molecule has 0 fully saturated rings. The summed E-state index contributed by atoms with van der Waals surface area (Å²) in [6.07, 6.45) is 0. The maximum atomic E-state index is 13.6. The number of amides is 2. The van der Waals surface area contributed by atoms with Crippen LogP contribution in [0.3, 0.4) is 0 Å². The molecule has 4 rings (SSSR count). The molecule has 34 heavy (non-hydrogen) atoms. The predicted octanol–water partition coefficient (Wildman–Crippen LogP) is 4.73. The van der Waals surface area contributed by atoms with Gasteiger partial charge in [0, 0.05) is 17.8 Å². The van der Waals surface area contributed by atoms with Gasteiger partial charge in [-0.2, -0.15) is 0 Å². The number of rotatable bonds is 7. The standard InChI is InChI=1S/C27H26N2O5/c1-16-11-12-18(13-17(16)2)23-24(27(31)29(26(23)30)20-9-7-6-8-10-20)28-19-14-21(32-3)25(34-5)22(15-19)33-4/h6-15,28H,1-5H3. The van der Waals surface area contributed by atoms with E-state index in [2.05, 4.69) is 5.32 Å². The average molecular weight is 459 g/mol. The third-order valence-corrected chi connectivity index (χ3v) is 5.83. The summed E-state index contributed by atoms with van der Waals surface area (Å²) in [5.41, 5.74) is 4.27. The molecule has 3 aromatic rings. The summed E-state index contributed by atoms with van der Waals surface area (Å²) in [6.45, 7) is 3.97. The molecule has 0 saturated heterocycles. The van der Waals surface area contributed by atoms with E-state index in [-0.39, 0.29) is 5.70 Å². The zero-order chi connectivity index (χ0) is 24.4. The molecule has 1 aliphatic heterocycles. The number of hydrogen-bond donors (Lipinski definition) is 1. The minimum absolute atomic E-state index is 0.173. The third kappa shape index (κ3) is 3.96. The van der Waals surface area contributed by atoms with Gasteiger partial charge < -0.3 is 19.5 Å². The highest BCUT2D eigenvalue weighted by molar-refractivity contribution is 6.46. The molecule has 0 bridgehead atoms. The minimum atomic E-state index is -0.446. The number of benzene rings is 3. The van der Waals surface area contributed by atoms with E-state index in [1.807, 2.05) is 38.1 Å². The zero-order valence-corrected chi connectivity index (χ0v) is 19.8. The van der Waals surface area contributed by atoms with Crippen molar-refractivity contribution in [2.45, 2.75) is 13.8 Å². The van der Waals surface area contributed by atoms with Gasteiger partial charge in [0.05, 0.1) is 32.6 Å². The fourth-order valence-corrected chi connectivity index (χ4v) is 3.92. The van der Waals surface area contributed by atoms with Crippen LogP contribution in [0.1, 0.15) is 16.7 Å². The second-order valence-electron chi connectivity index (χ2n) is 7.87. The Morgan fingerprint density at radius 3 is 1.94 bits per heavy atom. The molecule has 7 nitrogen and oxygen atoms in total. The van der Waals surface area contributed by atoms with E-state index in [0.717, 1.165) is 11.1 Å². The number of para-hydroxylation sites is 1. The molecule has 0 saturated carbocycles. The Hall–Kier alpha value is -4.26. The largest absolute Gasteiger partial charge is 0.493 e. The molecule has 0 aliphatic carbocycles. The fraction of sp³-hybridized carbons (Fsp3) is 0.185. The van der Waals surface area contributed by atoms with E-state index in [1.165, 1.54) is 26.2 Å². The number of aryl methyl sites for hydroxylation is 2. The molecule has 3 aromatic carbocycles. The van der Waals surface area contributed by atoms with Crippen molar-refractivity contribution in [3.63, 3.8) is 0 Å². The SMILES string of the molecule is COc1cc(NC2=C(c3ccc(C)c(C)c3)C(=O)N(c3ccccc3)C2=O)cc(OC)c1OC. The number of carbonyl (C=O) groups excluding carboxylic acids is 2. The summed E-state index contributed by atoms with van der Waals surface area (Å²) in [6, 6.07) is 18.0. The Labute approximate surface area is 198 Å². The molecule has 1 heterocycles. The monoisotopic (exact) mass is 458 g/mol. The lowest BCUT2D eigenvalue weighted by molar-refractivity contribution is -0.120. The maximum absolute atomic E-state index is 13.6. The third-order valence-electron chi connectivity index (χ3n) is 5.83. The molecule has 0 aromatic heterocycles. The molecule has 1 N–H and O–H groups in total. The van der Waals surface area contributed by atoms with Crippen LogP contribution in [-0.2, 0) is 9.59 Å². The smallest absolute Gasteiger partial charge is 0.282 e. The fourth-order valence-electron chi connectivity index (χ4n) is 3.92. The number of nitrogens with zero attached hydrogens (tertiary/aromatic N) is 1. The van der Waals surface area contributed by atoms with Crippen LogP contribution in [-0.4, -0.2) is 33.1 Å². The van der Waals surface area contributed by atoms with Crippen molar-refractivity contribution in [1.29, 1.82) is 0 Å². The molecular weight excluding hydrogens is 432 g/mol. The number of anilines is 2. The Bertz CT molecular complexity index is 1270. The molecule has 0 radical (unpaired) electrons. The molecule has 2 amide bonds. The van der Waals surface area contributed by atoms with Gasteiger partial charge in [0.15, 0.2) is 11.5 Å². The van der Waals surface area contributed by atoms with Crippen molar-refractivity contribution in [2.24, 2.45) is 0 Å². The molecule has 7 heteroatoms. The van der Waals surface area contributed by atoms with Crippen LogP contribution in [0, 0.1) is 13.8 Å². The highest BCUT2D eigenvalue weighted by atomic mass is 16.5. The molecule has 0 atom stereocenters. The Balaban J connectivity index is 1.87. The number of hydrogen-bond acceptors (Lipinski definition) is 6. The summed E-state index contributed by atoms with van der Waals surface area (Å²) in [4.78, 5) is 28.4. The van der Waals surface area contributed by atoms with Gasteiger partial charge in [0.2, 0.25) is 5.75 Å². The van der Waals surface area contributed by atoms with Gasteiger partial charge in [0.1, 0.15) is 5.70 Å². The first-order valence-electron chi connectivity index (χ1n) is 10.7. The Morgan fingerprint density at radius 1 is 0.735 bits per heavy atom. The second kappa shape index (κ2) is 9.31. The lowest BCUT2D eigenvalue weighted by Crippen LogP contribution is -2.32. The van der Waals surface area contributed by atoms with E-state index in [0.29, 0.717) is 39.8 Å². The van der Waals surface area contributed by atoms with Gasteiger partial charge in [-0.15, -0.1) is 0 Å². The van der Waals surface area contributed by atoms with Crippen LogP contribution in [0.2, 0.25) is 0 Å². The van der Waals surface area contributed by atoms with Gasteiger partial charge in [0.25, 0.3) is 11.8 Å². The van der Waals surface area contributed by atoms with Crippen LogP contribution in [0.15, 0.2) is 66.4 Å². The zero-order valence-electron chi connectivity index (χ0n) is 19.8. The summed E-state index contributed by atoms with van der Waals surface area (Å²) in [5.74, 6) is 0.440. The predicted molar refractivity (Wildman–Crippen MR) is 131 cm³/mol. The van der Waals surface area contributed by atoms with Crippen LogP contribution >= 0.6 is 0 Å². The highest BCUT2D eigenvalue weighted by Crippen LogP contribution is 2.41. The molecule has 0 spiro atoms. The average Bonchev–Trinajstić information content (AvgIpc) is 3.09. The van der Waals surface area contributed by atoms with Crippen molar-refractivity contribution in [2.75, 3.05) is 31.5 Å². The van der Waals surface area contributed by atoms with Gasteiger partial charge in [-0.3, -0.25) is 9.59 Å². The van der Waals surface area contributed by atoms with E-state index < -0.39 is 11.8 Å². The number of methoxy groups -OCH3 is 3. The van der Waals surface area contributed by atoms with Crippen molar-refractivity contribution in [3.8, 4) is 17.2 Å². The number of ether oxygens (including phenoxy) is 3. The van der Waals surface area contributed by atoms with Crippen molar-refractivity contribution in [1.82, 2.24) is 0 Å². The van der Waals surface area contributed by atoms with Crippen LogP contribution < -0.4 is 24.4 Å². The number of carbonyl (C=O) groups is 2. The molecule has 174 valence electrons. The Kier molecular flexibility index (Phi) is 6.27. The van der Waals surface area contributed by atoms with Crippen molar-refractivity contribution < 1.29 is 23.8 Å². The number of imide groups is 1. The van der Waals surface area contributed by atoms with E-state index in [1.54, 1.807) is 36.4 Å². The lowest BCUT2D eigenvalue weighted by Gasteiger charge is -2.16.